The summed E-state index contributed by atoms with van der Waals surface area (Å²) < 4.78 is 45.2. The van der Waals surface area contributed by atoms with E-state index in [1.54, 1.807) is 0 Å². The molecule has 0 saturated heterocycles. The number of carbonyl (C=O) groups excluding carboxylic acids is 1. The fraction of sp³-hybridized carbons (Fsp3) is 0.0385. The topological polar surface area (TPSA) is 46.5 Å². The first kappa shape index (κ1) is 22.5. The summed E-state index contributed by atoms with van der Waals surface area (Å²) in [6.45, 7) is 0. The first-order chi connectivity index (χ1) is 15.8. The smallest absolute Gasteiger partial charge is 0.416 e. The van der Waals surface area contributed by atoms with Gasteiger partial charge in [0.15, 0.2) is 0 Å². The molecular weight excluding hydrogens is 449 g/mol. The Kier molecular flexibility index (Phi) is 6.16. The molecule has 0 aliphatic rings. The number of aromatic hydroxyl groups is 1. The molecule has 0 unspecified atom stereocenters. The van der Waals surface area contributed by atoms with Gasteiger partial charge < -0.3 is 9.29 Å². The van der Waals surface area contributed by atoms with E-state index in [1.165, 1.54) is 0 Å². The lowest BCUT2D eigenvalue weighted by molar-refractivity contribution is -0.137. The Morgan fingerprint density at radius 2 is 1.12 bits per heavy atom. The molecule has 0 atom stereocenters. The number of halogens is 3. The van der Waals surface area contributed by atoms with Crippen LogP contribution in [0.1, 0.15) is 15.9 Å². The predicted molar refractivity (Wildman–Crippen MR) is 120 cm³/mol. The Morgan fingerprint density at radius 1 is 0.697 bits per heavy atom. The highest BCUT2D eigenvalue weighted by Crippen LogP contribution is 2.69. The zero-order valence-corrected chi connectivity index (χ0v) is 18.0. The van der Waals surface area contributed by atoms with Gasteiger partial charge in [0, 0.05) is 14.7 Å². The third-order valence-corrected chi connectivity index (χ3v) is 8.18. The largest absolute Gasteiger partial charge is 0.507 e. The molecule has 168 valence electrons. The lowest BCUT2D eigenvalue weighted by Crippen LogP contribution is -2.14. The molecule has 1 N–H and O–H groups in total. The summed E-state index contributed by atoms with van der Waals surface area (Å²) in [5.41, 5.74) is -1.40. The van der Waals surface area contributed by atoms with Crippen LogP contribution in [0.2, 0.25) is 0 Å². The minimum Gasteiger partial charge on any atom is -0.507 e. The molecule has 0 spiro atoms. The predicted octanol–water partition coefficient (Wildman–Crippen LogP) is 7.46. The van der Waals surface area contributed by atoms with Crippen LogP contribution in [0.3, 0.4) is 0 Å². The monoisotopic (exact) mass is 468 g/mol. The first-order valence-electron chi connectivity index (χ1n) is 9.95. The third kappa shape index (κ3) is 4.45. The second-order valence-corrected chi connectivity index (χ2v) is 9.79. The summed E-state index contributed by atoms with van der Waals surface area (Å²) in [6, 6.07) is 29.7. The molecular formula is C26H19F3O3S. The molecule has 0 saturated carbocycles. The van der Waals surface area contributed by atoms with Gasteiger partial charge in [0.05, 0.1) is 5.56 Å². The molecule has 0 aromatic heterocycles. The highest BCUT2D eigenvalue weighted by Gasteiger charge is 2.37. The summed E-state index contributed by atoms with van der Waals surface area (Å²) in [5.74, 6) is -1.72. The van der Waals surface area contributed by atoms with Crippen LogP contribution in [0.25, 0.3) is 0 Å². The number of carbonyl (C=O) groups is 1. The first-order valence-corrected chi connectivity index (χ1v) is 11.5. The third-order valence-electron chi connectivity index (χ3n) is 4.97. The van der Waals surface area contributed by atoms with Crippen LogP contribution in [0, 0.1) is 0 Å². The van der Waals surface area contributed by atoms with E-state index in [4.69, 9.17) is 4.18 Å². The average molecular weight is 468 g/mol. The van der Waals surface area contributed by atoms with Gasteiger partial charge >= 0.3 is 12.1 Å². The molecule has 0 aliphatic heterocycles. The molecule has 0 bridgehead atoms. The molecule has 4 rings (SSSR count). The van der Waals surface area contributed by atoms with E-state index >= 15 is 0 Å². The SMILES string of the molecule is O=C(OS(c1ccccc1)(c1ccccc1)c1ccccc1)c1ccc(C(F)(F)F)cc1O. The highest BCUT2D eigenvalue weighted by atomic mass is 32.3. The van der Waals surface area contributed by atoms with Crippen molar-refractivity contribution in [3.05, 3.63) is 120 Å². The number of rotatable bonds is 5. The Labute approximate surface area is 190 Å². The minimum absolute atomic E-state index is 0.345. The zero-order chi connectivity index (χ0) is 23.5. The number of phenols is 1. The van der Waals surface area contributed by atoms with Gasteiger partial charge in [-0.3, -0.25) is 0 Å². The summed E-state index contributed by atoms with van der Waals surface area (Å²) >= 11 is 0. The summed E-state index contributed by atoms with van der Waals surface area (Å²) in [6.07, 6.45) is -4.65. The number of benzene rings is 4. The number of hydrogen-bond acceptors (Lipinski definition) is 3. The van der Waals surface area contributed by atoms with Crippen LogP contribution in [-0.2, 0) is 10.4 Å². The minimum atomic E-state index is -4.65. The quantitative estimate of drug-likeness (QED) is 0.331. The van der Waals surface area contributed by atoms with Crippen LogP contribution in [-0.4, -0.2) is 11.1 Å². The maximum atomic E-state index is 13.3. The Hall–Kier alpha value is -3.71. The molecule has 7 heteroatoms. The van der Waals surface area contributed by atoms with Crippen molar-refractivity contribution in [1.82, 2.24) is 0 Å². The van der Waals surface area contributed by atoms with E-state index in [0.29, 0.717) is 6.07 Å². The Morgan fingerprint density at radius 3 is 1.48 bits per heavy atom. The van der Waals surface area contributed by atoms with Gasteiger partial charge in [-0.2, -0.15) is 13.2 Å². The molecule has 4 aromatic carbocycles. The van der Waals surface area contributed by atoms with Gasteiger partial charge in [-0.25, -0.2) is 4.79 Å². The van der Waals surface area contributed by atoms with Crippen molar-refractivity contribution in [2.45, 2.75) is 20.9 Å². The van der Waals surface area contributed by atoms with E-state index in [2.05, 4.69) is 0 Å². The lowest BCUT2D eigenvalue weighted by atomic mass is 10.1. The molecule has 3 nitrogen and oxygen atoms in total. The van der Waals surface area contributed by atoms with Crippen LogP contribution in [0.4, 0.5) is 13.2 Å². The van der Waals surface area contributed by atoms with Crippen LogP contribution >= 0.6 is 10.3 Å². The van der Waals surface area contributed by atoms with Gasteiger partial charge in [0.25, 0.3) is 0 Å². The van der Waals surface area contributed by atoms with Crippen molar-refractivity contribution in [3.63, 3.8) is 0 Å². The maximum Gasteiger partial charge on any atom is 0.416 e. The molecule has 0 radical (unpaired) electrons. The van der Waals surface area contributed by atoms with Crippen molar-refractivity contribution in [3.8, 4) is 5.75 Å². The van der Waals surface area contributed by atoms with Gasteiger partial charge in [-0.15, -0.1) is 0 Å². The van der Waals surface area contributed by atoms with Gasteiger partial charge in [-0.05, 0) is 64.9 Å². The van der Waals surface area contributed by atoms with E-state index in [1.807, 2.05) is 91.0 Å². The molecule has 0 fully saturated rings. The van der Waals surface area contributed by atoms with Gasteiger partial charge in [0.1, 0.15) is 11.3 Å². The number of phenolic OH excluding ortho intramolecular Hbond substituents is 1. The van der Waals surface area contributed by atoms with E-state index in [-0.39, 0.29) is 5.56 Å². The van der Waals surface area contributed by atoms with Crippen LogP contribution < -0.4 is 0 Å². The standard InChI is InChI=1S/C26H19F3O3S/c27-26(28,29)19-16-17-23(24(30)18-19)25(31)32-33(20-10-4-1-5-11-20,21-12-6-2-7-13-21)22-14-8-3-9-15-22/h1-18,30H. The number of alkyl halides is 3. The van der Waals surface area contributed by atoms with Crippen molar-refractivity contribution in [2.24, 2.45) is 0 Å². The second-order valence-electron chi connectivity index (χ2n) is 7.10. The van der Waals surface area contributed by atoms with E-state index in [0.717, 1.165) is 26.8 Å². The number of hydrogen-bond donors (Lipinski definition) is 1. The zero-order valence-electron chi connectivity index (χ0n) is 17.2. The molecule has 33 heavy (non-hydrogen) atoms. The normalized spacial score (nSPS) is 12.2. The lowest BCUT2D eigenvalue weighted by Gasteiger charge is -2.39. The summed E-state index contributed by atoms with van der Waals surface area (Å²) in [4.78, 5) is 15.5. The van der Waals surface area contributed by atoms with Crippen LogP contribution in [0.15, 0.2) is 124 Å². The van der Waals surface area contributed by atoms with Crippen molar-refractivity contribution in [2.75, 3.05) is 0 Å². The van der Waals surface area contributed by atoms with Gasteiger partial charge in [-0.1, -0.05) is 54.6 Å². The van der Waals surface area contributed by atoms with Gasteiger partial charge in [0.2, 0.25) is 0 Å². The summed E-state index contributed by atoms with van der Waals surface area (Å²) in [5, 5.41) is 10.2. The Balaban J connectivity index is 1.89. The second kappa shape index (κ2) is 9.03. The molecule has 0 aliphatic carbocycles. The highest BCUT2D eigenvalue weighted by molar-refractivity contribution is 8.30. The molecule has 0 heterocycles. The van der Waals surface area contributed by atoms with E-state index < -0.39 is 33.8 Å². The van der Waals surface area contributed by atoms with Crippen molar-refractivity contribution >= 4 is 16.3 Å². The Bertz CT molecular complexity index is 1150. The maximum absolute atomic E-state index is 13.3. The average Bonchev–Trinajstić information content (AvgIpc) is 2.83. The molecule has 0 amide bonds. The summed E-state index contributed by atoms with van der Waals surface area (Å²) in [7, 11) is -2.62. The van der Waals surface area contributed by atoms with Crippen LogP contribution in [0.5, 0.6) is 5.75 Å². The fourth-order valence-corrected chi connectivity index (χ4v) is 6.47. The fourth-order valence-electron chi connectivity index (χ4n) is 3.43. The van der Waals surface area contributed by atoms with Crippen molar-refractivity contribution < 1.29 is 27.3 Å². The van der Waals surface area contributed by atoms with Crippen molar-refractivity contribution in [1.29, 1.82) is 0 Å². The van der Waals surface area contributed by atoms with E-state index in [9.17, 15) is 23.1 Å². The molecule has 4 aromatic rings.